The van der Waals surface area contributed by atoms with E-state index in [2.05, 4.69) is 15.3 Å². The van der Waals surface area contributed by atoms with Gasteiger partial charge in [-0.25, -0.2) is 4.98 Å². The van der Waals surface area contributed by atoms with Crippen LogP contribution in [0.3, 0.4) is 0 Å². The van der Waals surface area contributed by atoms with Gasteiger partial charge in [0, 0.05) is 18.0 Å². The zero-order chi connectivity index (χ0) is 15.0. The number of ether oxygens (including phenoxy) is 2. The Labute approximate surface area is 116 Å². The van der Waals surface area contributed by atoms with Gasteiger partial charge in [-0.2, -0.15) is 18.2 Å². The molecule has 6 nitrogen and oxygen atoms in total. The van der Waals surface area contributed by atoms with E-state index < -0.39 is 17.6 Å². The van der Waals surface area contributed by atoms with Gasteiger partial charge in [-0.15, -0.1) is 0 Å². The van der Waals surface area contributed by atoms with Crippen LogP contribution in [0.1, 0.15) is 5.56 Å². The number of nitrogens with one attached hydrogen (secondary N) is 1. The molecule has 0 atom stereocenters. The van der Waals surface area contributed by atoms with Crippen molar-refractivity contribution < 1.29 is 22.6 Å². The molecule has 1 aromatic heterocycles. The molecule has 9 heteroatoms. The van der Waals surface area contributed by atoms with Gasteiger partial charge in [-0.3, -0.25) is 0 Å². The molecule has 1 aliphatic rings. The Kier molecular flexibility index (Phi) is 2.96. The molecule has 0 unspecified atom stereocenters. The van der Waals surface area contributed by atoms with E-state index in [1.54, 1.807) is 18.2 Å². The van der Waals surface area contributed by atoms with Crippen molar-refractivity contribution >= 4 is 17.5 Å². The maximum absolute atomic E-state index is 12.5. The van der Waals surface area contributed by atoms with Gasteiger partial charge >= 0.3 is 6.18 Å². The molecule has 110 valence electrons. The molecule has 0 aliphatic carbocycles. The molecule has 0 radical (unpaired) electrons. The molecule has 21 heavy (non-hydrogen) atoms. The van der Waals surface area contributed by atoms with Crippen molar-refractivity contribution in [1.82, 2.24) is 9.97 Å². The fourth-order valence-corrected chi connectivity index (χ4v) is 1.78. The highest BCUT2D eigenvalue weighted by Crippen LogP contribution is 2.35. The average Bonchev–Trinajstić information content (AvgIpc) is 2.84. The standard InChI is InChI=1S/C12H9F3N4O2/c13-12(14,15)7-4-17-11(19-10(7)16)18-6-1-2-8-9(3-6)21-5-20-8/h1-4H,5H2,(H3,16,17,18,19). The SMILES string of the molecule is Nc1nc(Nc2ccc3c(c2)OCO3)ncc1C(F)(F)F. The lowest BCUT2D eigenvalue weighted by molar-refractivity contribution is -0.137. The summed E-state index contributed by atoms with van der Waals surface area (Å²) in [6, 6.07) is 4.95. The molecule has 3 rings (SSSR count). The summed E-state index contributed by atoms with van der Waals surface area (Å²) in [5, 5.41) is 2.75. The maximum Gasteiger partial charge on any atom is 0.421 e. The summed E-state index contributed by atoms with van der Waals surface area (Å²) in [4.78, 5) is 7.19. The van der Waals surface area contributed by atoms with Crippen LogP contribution in [0.4, 0.5) is 30.6 Å². The summed E-state index contributed by atoms with van der Waals surface area (Å²) in [6.45, 7) is 0.127. The molecular formula is C12H9F3N4O2. The van der Waals surface area contributed by atoms with Crippen LogP contribution in [0.5, 0.6) is 11.5 Å². The van der Waals surface area contributed by atoms with E-state index in [1.165, 1.54) is 0 Å². The minimum atomic E-state index is -4.58. The second kappa shape index (κ2) is 4.69. The summed E-state index contributed by atoms with van der Waals surface area (Å²) in [5.41, 5.74) is 4.77. The summed E-state index contributed by atoms with van der Waals surface area (Å²) in [6.07, 6.45) is -3.95. The van der Waals surface area contributed by atoms with Crippen LogP contribution in [-0.4, -0.2) is 16.8 Å². The molecule has 0 spiro atoms. The van der Waals surface area contributed by atoms with Crippen LogP contribution in [0, 0.1) is 0 Å². The van der Waals surface area contributed by atoms with Gasteiger partial charge in [0.05, 0.1) is 0 Å². The van der Waals surface area contributed by atoms with Crippen molar-refractivity contribution in [1.29, 1.82) is 0 Å². The van der Waals surface area contributed by atoms with E-state index >= 15 is 0 Å². The van der Waals surface area contributed by atoms with Gasteiger partial charge in [0.1, 0.15) is 11.4 Å². The van der Waals surface area contributed by atoms with Crippen molar-refractivity contribution in [3.63, 3.8) is 0 Å². The Hall–Kier alpha value is -2.71. The number of nitrogens with two attached hydrogens (primary N) is 1. The van der Waals surface area contributed by atoms with Gasteiger partial charge < -0.3 is 20.5 Å². The fraction of sp³-hybridized carbons (Fsp3) is 0.167. The van der Waals surface area contributed by atoms with E-state index in [0.717, 1.165) is 0 Å². The number of alkyl halides is 3. The average molecular weight is 298 g/mol. The molecule has 1 aromatic carbocycles. The van der Waals surface area contributed by atoms with Crippen molar-refractivity contribution in [3.8, 4) is 11.5 Å². The number of benzene rings is 1. The Balaban J connectivity index is 1.84. The number of aromatic nitrogens is 2. The minimum Gasteiger partial charge on any atom is -0.454 e. The first-order valence-corrected chi connectivity index (χ1v) is 5.80. The second-order valence-electron chi connectivity index (χ2n) is 4.18. The van der Waals surface area contributed by atoms with E-state index in [0.29, 0.717) is 23.4 Å². The van der Waals surface area contributed by atoms with Gasteiger partial charge in [-0.05, 0) is 12.1 Å². The van der Waals surface area contributed by atoms with E-state index in [-0.39, 0.29) is 12.7 Å². The smallest absolute Gasteiger partial charge is 0.421 e. The topological polar surface area (TPSA) is 82.3 Å². The van der Waals surface area contributed by atoms with Crippen molar-refractivity contribution in [3.05, 3.63) is 30.0 Å². The predicted octanol–water partition coefficient (Wildman–Crippen LogP) is 2.55. The summed E-state index contributed by atoms with van der Waals surface area (Å²) in [5.74, 6) is 0.438. The number of hydrogen-bond acceptors (Lipinski definition) is 6. The molecule has 3 N–H and O–H groups in total. The maximum atomic E-state index is 12.5. The molecule has 0 saturated heterocycles. The van der Waals surface area contributed by atoms with Crippen LogP contribution in [0.15, 0.2) is 24.4 Å². The number of fused-ring (bicyclic) bond motifs is 1. The lowest BCUT2D eigenvalue weighted by Crippen LogP contribution is -2.12. The first-order valence-electron chi connectivity index (χ1n) is 5.80. The third kappa shape index (κ3) is 2.62. The van der Waals surface area contributed by atoms with E-state index in [4.69, 9.17) is 15.2 Å². The van der Waals surface area contributed by atoms with Crippen LogP contribution < -0.4 is 20.5 Å². The summed E-state index contributed by atoms with van der Waals surface area (Å²) in [7, 11) is 0. The minimum absolute atomic E-state index is 0.0423. The first kappa shape index (κ1) is 13.3. The molecular weight excluding hydrogens is 289 g/mol. The molecule has 0 bridgehead atoms. The number of hydrogen-bond donors (Lipinski definition) is 2. The number of rotatable bonds is 2. The number of anilines is 3. The van der Waals surface area contributed by atoms with Crippen molar-refractivity contribution in [2.45, 2.75) is 6.18 Å². The molecule has 2 heterocycles. The van der Waals surface area contributed by atoms with Crippen LogP contribution >= 0.6 is 0 Å². The molecule has 2 aromatic rings. The Bertz CT molecular complexity index is 691. The summed E-state index contributed by atoms with van der Waals surface area (Å²) < 4.78 is 48.0. The number of nitrogens with zero attached hydrogens (tertiary/aromatic N) is 2. The van der Waals surface area contributed by atoms with Crippen molar-refractivity contribution in [2.75, 3.05) is 17.8 Å². The first-order chi connectivity index (χ1) is 9.93. The zero-order valence-electron chi connectivity index (χ0n) is 10.4. The van der Waals surface area contributed by atoms with Gasteiger partial charge in [-0.1, -0.05) is 0 Å². The Morgan fingerprint density at radius 1 is 1.19 bits per heavy atom. The monoisotopic (exact) mass is 298 g/mol. The van der Waals surface area contributed by atoms with Gasteiger partial charge in [0.25, 0.3) is 0 Å². The largest absolute Gasteiger partial charge is 0.454 e. The second-order valence-corrected chi connectivity index (χ2v) is 4.18. The normalized spacial score (nSPS) is 13.3. The summed E-state index contributed by atoms with van der Waals surface area (Å²) >= 11 is 0. The Morgan fingerprint density at radius 2 is 1.95 bits per heavy atom. The fourth-order valence-electron chi connectivity index (χ4n) is 1.78. The molecule has 0 amide bonds. The zero-order valence-corrected chi connectivity index (χ0v) is 10.4. The van der Waals surface area contributed by atoms with E-state index in [1.807, 2.05) is 0 Å². The highest BCUT2D eigenvalue weighted by atomic mass is 19.4. The Morgan fingerprint density at radius 3 is 2.67 bits per heavy atom. The number of nitrogen functional groups attached to an aromatic ring is 1. The van der Waals surface area contributed by atoms with Crippen LogP contribution in [-0.2, 0) is 6.18 Å². The quantitative estimate of drug-likeness (QED) is 0.886. The highest BCUT2D eigenvalue weighted by molar-refractivity contribution is 5.61. The van der Waals surface area contributed by atoms with Crippen LogP contribution in [0.25, 0.3) is 0 Å². The van der Waals surface area contributed by atoms with Gasteiger partial charge in [0.15, 0.2) is 11.5 Å². The lowest BCUT2D eigenvalue weighted by Gasteiger charge is -2.10. The molecule has 0 saturated carbocycles. The molecule has 0 fully saturated rings. The van der Waals surface area contributed by atoms with Gasteiger partial charge in [0.2, 0.25) is 12.7 Å². The lowest BCUT2D eigenvalue weighted by atomic mass is 10.3. The van der Waals surface area contributed by atoms with E-state index in [9.17, 15) is 13.2 Å². The van der Waals surface area contributed by atoms with Crippen LogP contribution in [0.2, 0.25) is 0 Å². The number of halogens is 3. The highest BCUT2D eigenvalue weighted by Gasteiger charge is 2.34. The molecule has 1 aliphatic heterocycles. The third-order valence-corrected chi connectivity index (χ3v) is 2.75. The third-order valence-electron chi connectivity index (χ3n) is 2.75. The predicted molar refractivity (Wildman–Crippen MR) is 67.3 cm³/mol. The van der Waals surface area contributed by atoms with Crippen molar-refractivity contribution in [2.24, 2.45) is 0 Å².